The van der Waals surface area contributed by atoms with Crippen LogP contribution in [0.5, 0.6) is 0 Å². The molecule has 0 atom stereocenters. The zero-order chi connectivity index (χ0) is 8.55. The van der Waals surface area contributed by atoms with Crippen molar-refractivity contribution in [1.29, 1.82) is 0 Å². The van der Waals surface area contributed by atoms with Gasteiger partial charge in [-0.3, -0.25) is 0 Å². The van der Waals surface area contributed by atoms with Crippen molar-refractivity contribution in [3.05, 3.63) is 23.8 Å². The van der Waals surface area contributed by atoms with Gasteiger partial charge in [0.2, 0.25) is 0 Å². The average Bonchev–Trinajstić information content (AvgIpc) is 1.95. The third kappa shape index (κ3) is 1.07. The standard InChI is InChI=1S/C8H8F2N2/c9-6-7(5-2-1-3-5)11-4-12-8(6)10/h4-5H,1-3H2. The van der Waals surface area contributed by atoms with Crippen LogP contribution in [0.1, 0.15) is 30.9 Å². The van der Waals surface area contributed by atoms with Gasteiger partial charge in [0.1, 0.15) is 6.33 Å². The molecule has 0 saturated heterocycles. The molecule has 1 aromatic rings. The summed E-state index contributed by atoms with van der Waals surface area (Å²) in [6.45, 7) is 0. The van der Waals surface area contributed by atoms with Gasteiger partial charge in [-0.2, -0.15) is 8.78 Å². The zero-order valence-electron chi connectivity index (χ0n) is 6.43. The highest BCUT2D eigenvalue weighted by Crippen LogP contribution is 2.36. The molecule has 0 bridgehead atoms. The van der Waals surface area contributed by atoms with Gasteiger partial charge < -0.3 is 0 Å². The molecule has 0 unspecified atom stereocenters. The highest BCUT2D eigenvalue weighted by Gasteiger charge is 2.25. The van der Waals surface area contributed by atoms with E-state index in [9.17, 15) is 8.78 Å². The van der Waals surface area contributed by atoms with Gasteiger partial charge in [-0.05, 0) is 12.8 Å². The summed E-state index contributed by atoms with van der Waals surface area (Å²) in [4.78, 5) is 6.86. The Bertz CT molecular complexity index is 297. The van der Waals surface area contributed by atoms with Crippen molar-refractivity contribution in [2.75, 3.05) is 0 Å². The van der Waals surface area contributed by atoms with Crippen LogP contribution in [0.15, 0.2) is 6.33 Å². The maximum absolute atomic E-state index is 13.0. The maximum Gasteiger partial charge on any atom is 0.252 e. The first-order chi connectivity index (χ1) is 5.79. The third-order valence-corrected chi connectivity index (χ3v) is 2.27. The number of hydrogen-bond acceptors (Lipinski definition) is 2. The number of nitrogens with zero attached hydrogens (tertiary/aromatic N) is 2. The van der Waals surface area contributed by atoms with E-state index in [0.717, 1.165) is 25.6 Å². The molecule has 0 radical (unpaired) electrons. The highest BCUT2D eigenvalue weighted by atomic mass is 19.2. The van der Waals surface area contributed by atoms with Gasteiger partial charge in [-0.25, -0.2) is 9.97 Å². The normalized spacial score (nSPS) is 17.5. The monoisotopic (exact) mass is 170 g/mol. The van der Waals surface area contributed by atoms with Crippen LogP contribution in [-0.4, -0.2) is 9.97 Å². The lowest BCUT2D eigenvalue weighted by Crippen LogP contribution is -2.14. The number of hydrogen-bond donors (Lipinski definition) is 0. The Balaban J connectivity index is 2.36. The Labute approximate surface area is 68.7 Å². The molecule has 64 valence electrons. The molecule has 2 rings (SSSR count). The molecule has 0 spiro atoms. The molecule has 0 aliphatic heterocycles. The van der Waals surface area contributed by atoms with Crippen LogP contribution in [0.3, 0.4) is 0 Å². The average molecular weight is 170 g/mol. The van der Waals surface area contributed by atoms with E-state index in [4.69, 9.17) is 0 Å². The van der Waals surface area contributed by atoms with E-state index >= 15 is 0 Å². The van der Waals surface area contributed by atoms with Gasteiger partial charge >= 0.3 is 0 Å². The van der Waals surface area contributed by atoms with Gasteiger partial charge in [0, 0.05) is 5.92 Å². The Morgan fingerprint density at radius 2 is 2.00 bits per heavy atom. The lowest BCUT2D eigenvalue weighted by Gasteiger charge is -2.24. The molecule has 4 heteroatoms. The quantitative estimate of drug-likeness (QED) is 0.602. The van der Waals surface area contributed by atoms with E-state index < -0.39 is 11.8 Å². The van der Waals surface area contributed by atoms with Crippen LogP contribution >= 0.6 is 0 Å². The summed E-state index contributed by atoms with van der Waals surface area (Å²) in [5, 5.41) is 0. The molecule has 1 fully saturated rings. The van der Waals surface area contributed by atoms with E-state index in [1.54, 1.807) is 0 Å². The lowest BCUT2D eigenvalue weighted by molar-refractivity contribution is 0.375. The number of aromatic nitrogens is 2. The molecule has 0 amide bonds. The molecule has 1 aromatic heterocycles. The topological polar surface area (TPSA) is 25.8 Å². The summed E-state index contributed by atoms with van der Waals surface area (Å²) in [7, 11) is 0. The molecular weight excluding hydrogens is 162 g/mol. The Morgan fingerprint density at radius 3 is 2.58 bits per heavy atom. The molecule has 1 heterocycles. The van der Waals surface area contributed by atoms with Gasteiger partial charge in [-0.1, -0.05) is 6.42 Å². The number of rotatable bonds is 1. The predicted octanol–water partition coefficient (Wildman–Crippen LogP) is 2.02. The fourth-order valence-corrected chi connectivity index (χ4v) is 1.33. The molecule has 0 aromatic carbocycles. The van der Waals surface area contributed by atoms with Crippen molar-refractivity contribution in [3.8, 4) is 0 Å². The minimum absolute atomic E-state index is 0.113. The predicted molar refractivity (Wildman–Crippen MR) is 38.5 cm³/mol. The SMILES string of the molecule is Fc1ncnc(C2CCC2)c1F. The van der Waals surface area contributed by atoms with Crippen molar-refractivity contribution in [1.82, 2.24) is 9.97 Å². The summed E-state index contributed by atoms with van der Waals surface area (Å²) < 4.78 is 25.5. The van der Waals surface area contributed by atoms with E-state index in [1.165, 1.54) is 0 Å². The van der Waals surface area contributed by atoms with Gasteiger partial charge in [-0.15, -0.1) is 0 Å². The van der Waals surface area contributed by atoms with Crippen molar-refractivity contribution in [2.45, 2.75) is 25.2 Å². The molecule has 0 N–H and O–H groups in total. The van der Waals surface area contributed by atoms with E-state index in [0.29, 0.717) is 0 Å². The van der Waals surface area contributed by atoms with Crippen LogP contribution in [0.25, 0.3) is 0 Å². The minimum atomic E-state index is -1.04. The molecule has 1 aliphatic rings. The Morgan fingerprint density at radius 1 is 1.25 bits per heavy atom. The summed E-state index contributed by atoms with van der Waals surface area (Å²) >= 11 is 0. The van der Waals surface area contributed by atoms with Crippen molar-refractivity contribution >= 4 is 0 Å². The van der Waals surface area contributed by atoms with Gasteiger partial charge in [0.25, 0.3) is 5.95 Å². The summed E-state index contributed by atoms with van der Waals surface area (Å²) in [6.07, 6.45) is 3.97. The van der Waals surface area contributed by atoms with E-state index in [2.05, 4.69) is 9.97 Å². The second-order valence-electron chi connectivity index (χ2n) is 2.99. The molecule has 1 aliphatic carbocycles. The van der Waals surface area contributed by atoms with E-state index in [1.807, 2.05) is 0 Å². The fraction of sp³-hybridized carbons (Fsp3) is 0.500. The summed E-state index contributed by atoms with van der Waals surface area (Å²) in [5.74, 6) is -1.79. The van der Waals surface area contributed by atoms with E-state index in [-0.39, 0.29) is 11.6 Å². The second-order valence-corrected chi connectivity index (χ2v) is 2.99. The summed E-state index contributed by atoms with van der Waals surface area (Å²) in [6, 6.07) is 0. The maximum atomic E-state index is 13.0. The summed E-state index contributed by atoms with van der Waals surface area (Å²) in [5.41, 5.74) is 0.244. The largest absolute Gasteiger partial charge is 0.252 e. The smallest absolute Gasteiger partial charge is 0.238 e. The van der Waals surface area contributed by atoms with Crippen LogP contribution in [0.2, 0.25) is 0 Å². The van der Waals surface area contributed by atoms with Gasteiger partial charge in [0.15, 0.2) is 5.82 Å². The Kier molecular flexibility index (Phi) is 1.75. The minimum Gasteiger partial charge on any atom is -0.238 e. The van der Waals surface area contributed by atoms with Crippen molar-refractivity contribution in [3.63, 3.8) is 0 Å². The third-order valence-electron chi connectivity index (χ3n) is 2.27. The Hall–Kier alpha value is -1.06. The molecule has 1 saturated carbocycles. The number of halogens is 2. The molecule has 12 heavy (non-hydrogen) atoms. The fourth-order valence-electron chi connectivity index (χ4n) is 1.33. The van der Waals surface area contributed by atoms with Crippen LogP contribution in [0, 0.1) is 11.8 Å². The first-order valence-corrected chi connectivity index (χ1v) is 3.95. The van der Waals surface area contributed by atoms with Crippen molar-refractivity contribution < 1.29 is 8.78 Å². The first-order valence-electron chi connectivity index (χ1n) is 3.95. The highest BCUT2D eigenvalue weighted by molar-refractivity contribution is 5.12. The molecule has 2 nitrogen and oxygen atoms in total. The molecular formula is C8H8F2N2. The van der Waals surface area contributed by atoms with Crippen molar-refractivity contribution in [2.24, 2.45) is 0 Å². The van der Waals surface area contributed by atoms with Crippen LogP contribution in [0.4, 0.5) is 8.78 Å². The van der Waals surface area contributed by atoms with Gasteiger partial charge in [0.05, 0.1) is 5.69 Å². The van der Waals surface area contributed by atoms with Crippen LogP contribution < -0.4 is 0 Å². The second kappa shape index (κ2) is 2.77. The van der Waals surface area contributed by atoms with Crippen LogP contribution in [-0.2, 0) is 0 Å². The first kappa shape index (κ1) is 7.58. The lowest BCUT2D eigenvalue weighted by atomic mass is 9.82. The zero-order valence-corrected chi connectivity index (χ0v) is 6.43.